The van der Waals surface area contributed by atoms with Gasteiger partial charge in [-0.2, -0.15) is 0 Å². The summed E-state index contributed by atoms with van der Waals surface area (Å²) >= 11 is 0. The summed E-state index contributed by atoms with van der Waals surface area (Å²) in [4.78, 5) is 24.1. The second-order valence-corrected chi connectivity index (χ2v) is 5.80. The first kappa shape index (κ1) is 19.3. The standard InChI is InChI=1S/C20H23NO5/c1-5-25-17-7-6-15(11-18(17)24-4)20(23)26-12-19(22)21-16-9-13(2)8-14(3)10-16/h6-11H,5,12H2,1-4H3,(H,21,22). The van der Waals surface area contributed by atoms with Crippen LogP contribution in [-0.2, 0) is 9.53 Å². The zero-order chi connectivity index (χ0) is 19.1. The van der Waals surface area contributed by atoms with Crippen LogP contribution in [0.3, 0.4) is 0 Å². The molecule has 6 heteroatoms. The molecule has 0 aliphatic carbocycles. The Balaban J connectivity index is 1.96. The molecule has 2 aromatic rings. The highest BCUT2D eigenvalue weighted by molar-refractivity contribution is 5.95. The Labute approximate surface area is 153 Å². The van der Waals surface area contributed by atoms with Crippen LogP contribution in [0.2, 0.25) is 0 Å². The number of aryl methyl sites for hydroxylation is 2. The molecule has 2 aromatic carbocycles. The van der Waals surface area contributed by atoms with Crippen molar-refractivity contribution in [3.8, 4) is 11.5 Å². The van der Waals surface area contributed by atoms with Gasteiger partial charge in [0.05, 0.1) is 19.3 Å². The van der Waals surface area contributed by atoms with Gasteiger partial charge in [0, 0.05) is 5.69 Å². The van der Waals surface area contributed by atoms with E-state index in [0.717, 1.165) is 11.1 Å². The second-order valence-electron chi connectivity index (χ2n) is 5.80. The molecule has 0 saturated heterocycles. The molecule has 0 saturated carbocycles. The summed E-state index contributed by atoms with van der Waals surface area (Å²) in [6, 6.07) is 10.4. The maximum Gasteiger partial charge on any atom is 0.338 e. The summed E-state index contributed by atoms with van der Waals surface area (Å²) in [5, 5.41) is 2.72. The van der Waals surface area contributed by atoms with Crippen molar-refractivity contribution < 1.29 is 23.8 Å². The van der Waals surface area contributed by atoms with Crippen LogP contribution in [0.5, 0.6) is 11.5 Å². The molecule has 138 valence electrons. The number of benzene rings is 2. The van der Waals surface area contributed by atoms with Crippen molar-refractivity contribution in [3.63, 3.8) is 0 Å². The lowest BCUT2D eigenvalue weighted by Gasteiger charge is -2.11. The molecule has 0 bridgehead atoms. The van der Waals surface area contributed by atoms with E-state index in [2.05, 4.69) is 5.32 Å². The monoisotopic (exact) mass is 357 g/mol. The number of amides is 1. The third-order valence-corrected chi connectivity index (χ3v) is 3.54. The third-order valence-electron chi connectivity index (χ3n) is 3.54. The molecule has 0 aliphatic rings. The van der Waals surface area contributed by atoms with Crippen LogP contribution in [0.25, 0.3) is 0 Å². The molecule has 0 aliphatic heterocycles. The Morgan fingerprint density at radius 1 is 1.00 bits per heavy atom. The molecule has 26 heavy (non-hydrogen) atoms. The van der Waals surface area contributed by atoms with E-state index in [1.165, 1.54) is 13.2 Å². The second kappa shape index (κ2) is 8.89. The SMILES string of the molecule is CCOc1ccc(C(=O)OCC(=O)Nc2cc(C)cc(C)c2)cc1OC. The van der Waals surface area contributed by atoms with E-state index in [4.69, 9.17) is 14.2 Å². The van der Waals surface area contributed by atoms with E-state index >= 15 is 0 Å². The Hall–Kier alpha value is -3.02. The minimum absolute atomic E-state index is 0.282. The van der Waals surface area contributed by atoms with Crippen molar-refractivity contribution >= 4 is 17.6 Å². The number of anilines is 1. The van der Waals surface area contributed by atoms with Crippen molar-refractivity contribution in [1.29, 1.82) is 0 Å². The number of ether oxygens (including phenoxy) is 3. The normalized spacial score (nSPS) is 10.2. The molecule has 0 atom stereocenters. The van der Waals surface area contributed by atoms with Gasteiger partial charge in [-0.05, 0) is 62.2 Å². The van der Waals surface area contributed by atoms with E-state index in [1.54, 1.807) is 12.1 Å². The topological polar surface area (TPSA) is 73.9 Å². The summed E-state index contributed by atoms with van der Waals surface area (Å²) in [5.74, 6) is -0.0386. The molecule has 0 spiro atoms. The van der Waals surface area contributed by atoms with Gasteiger partial charge in [-0.1, -0.05) is 6.07 Å². The Morgan fingerprint density at radius 2 is 1.69 bits per heavy atom. The lowest BCUT2D eigenvalue weighted by molar-refractivity contribution is -0.119. The zero-order valence-corrected chi connectivity index (χ0v) is 15.4. The molecular formula is C20H23NO5. The molecule has 1 N–H and O–H groups in total. The molecule has 0 fully saturated rings. The summed E-state index contributed by atoms with van der Waals surface area (Å²) < 4.78 is 15.7. The minimum atomic E-state index is -0.609. The van der Waals surface area contributed by atoms with Gasteiger partial charge in [0.25, 0.3) is 5.91 Å². The summed E-state index contributed by atoms with van der Waals surface area (Å²) in [7, 11) is 1.49. The van der Waals surface area contributed by atoms with Crippen molar-refractivity contribution in [2.45, 2.75) is 20.8 Å². The van der Waals surface area contributed by atoms with Gasteiger partial charge in [-0.15, -0.1) is 0 Å². The molecular weight excluding hydrogens is 334 g/mol. The number of esters is 1. The largest absolute Gasteiger partial charge is 0.493 e. The Kier molecular flexibility index (Phi) is 6.60. The molecule has 0 aromatic heterocycles. The molecule has 1 amide bonds. The number of rotatable bonds is 7. The van der Waals surface area contributed by atoms with Gasteiger partial charge < -0.3 is 19.5 Å². The average molecular weight is 357 g/mol. The maximum absolute atomic E-state index is 12.1. The van der Waals surface area contributed by atoms with Gasteiger partial charge in [-0.3, -0.25) is 4.79 Å². The van der Waals surface area contributed by atoms with Crippen LogP contribution in [0.15, 0.2) is 36.4 Å². The van der Waals surface area contributed by atoms with Crippen molar-refractivity contribution in [1.82, 2.24) is 0 Å². The van der Waals surface area contributed by atoms with Gasteiger partial charge >= 0.3 is 5.97 Å². The molecule has 2 rings (SSSR count). The molecule has 0 radical (unpaired) electrons. The fourth-order valence-electron chi connectivity index (χ4n) is 2.53. The van der Waals surface area contributed by atoms with Crippen LogP contribution in [-0.4, -0.2) is 32.2 Å². The average Bonchev–Trinajstić information content (AvgIpc) is 2.59. The number of methoxy groups -OCH3 is 1. The van der Waals surface area contributed by atoms with Crippen LogP contribution < -0.4 is 14.8 Å². The number of nitrogens with one attached hydrogen (secondary N) is 1. The van der Waals surface area contributed by atoms with Gasteiger partial charge in [0.2, 0.25) is 0 Å². The first-order valence-corrected chi connectivity index (χ1v) is 8.29. The van der Waals surface area contributed by atoms with Gasteiger partial charge in [0.1, 0.15) is 0 Å². The summed E-state index contributed by atoms with van der Waals surface area (Å²) in [6.07, 6.45) is 0. The number of hydrogen-bond acceptors (Lipinski definition) is 5. The highest BCUT2D eigenvalue weighted by Gasteiger charge is 2.14. The summed E-state index contributed by atoms with van der Waals surface area (Å²) in [6.45, 7) is 5.86. The lowest BCUT2D eigenvalue weighted by atomic mass is 10.1. The van der Waals surface area contributed by atoms with Crippen molar-refractivity contribution in [2.75, 3.05) is 25.6 Å². The van der Waals surface area contributed by atoms with Gasteiger partial charge in [0.15, 0.2) is 18.1 Å². The predicted molar refractivity (Wildman–Crippen MR) is 99.0 cm³/mol. The van der Waals surface area contributed by atoms with E-state index in [9.17, 15) is 9.59 Å². The zero-order valence-electron chi connectivity index (χ0n) is 15.4. The van der Waals surface area contributed by atoms with Crippen LogP contribution in [0.4, 0.5) is 5.69 Å². The van der Waals surface area contributed by atoms with Gasteiger partial charge in [-0.25, -0.2) is 4.79 Å². The quantitative estimate of drug-likeness (QED) is 0.768. The lowest BCUT2D eigenvalue weighted by Crippen LogP contribution is -2.21. The fraction of sp³-hybridized carbons (Fsp3) is 0.300. The van der Waals surface area contributed by atoms with E-state index < -0.39 is 11.9 Å². The Bertz CT molecular complexity index is 781. The first-order chi connectivity index (χ1) is 12.4. The predicted octanol–water partition coefficient (Wildman–Crippen LogP) is 3.51. The number of carbonyl (C=O) groups excluding carboxylic acids is 2. The van der Waals surface area contributed by atoms with E-state index in [0.29, 0.717) is 23.8 Å². The molecule has 6 nitrogen and oxygen atoms in total. The number of carbonyl (C=O) groups is 2. The van der Waals surface area contributed by atoms with E-state index in [-0.39, 0.29) is 12.2 Å². The maximum atomic E-state index is 12.1. The minimum Gasteiger partial charge on any atom is -0.493 e. The molecule has 0 unspecified atom stereocenters. The third kappa shape index (κ3) is 5.24. The highest BCUT2D eigenvalue weighted by Crippen LogP contribution is 2.28. The number of hydrogen-bond donors (Lipinski definition) is 1. The summed E-state index contributed by atoms with van der Waals surface area (Å²) in [5.41, 5.74) is 3.04. The fourth-order valence-corrected chi connectivity index (χ4v) is 2.53. The van der Waals surface area contributed by atoms with Crippen molar-refractivity contribution in [2.24, 2.45) is 0 Å². The van der Waals surface area contributed by atoms with Crippen LogP contribution >= 0.6 is 0 Å². The van der Waals surface area contributed by atoms with E-state index in [1.807, 2.05) is 39.0 Å². The smallest absolute Gasteiger partial charge is 0.338 e. The van der Waals surface area contributed by atoms with Crippen LogP contribution in [0.1, 0.15) is 28.4 Å². The highest BCUT2D eigenvalue weighted by atomic mass is 16.5. The van der Waals surface area contributed by atoms with Crippen molar-refractivity contribution in [3.05, 3.63) is 53.1 Å². The first-order valence-electron chi connectivity index (χ1n) is 8.29. The Morgan fingerprint density at radius 3 is 2.31 bits per heavy atom. The van der Waals surface area contributed by atoms with Crippen LogP contribution in [0, 0.1) is 13.8 Å². The molecule has 0 heterocycles.